The Labute approximate surface area is 114 Å². The van der Waals surface area contributed by atoms with Gasteiger partial charge in [-0.15, -0.1) is 11.3 Å². The highest BCUT2D eigenvalue weighted by Gasteiger charge is 2.10. The number of anilines is 1. The van der Waals surface area contributed by atoms with Gasteiger partial charge < -0.3 is 5.32 Å². The minimum Gasteiger partial charge on any atom is -0.319 e. The number of rotatable bonds is 3. The Kier molecular flexibility index (Phi) is 3.12. The van der Waals surface area contributed by atoms with Crippen molar-refractivity contribution in [2.45, 2.75) is 0 Å². The zero-order valence-electron chi connectivity index (χ0n) is 9.98. The number of nitrogens with one attached hydrogen (secondary N) is 1. The Balaban J connectivity index is 1.92. The fraction of sp³-hybridized carbons (Fsp3) is 0. The van der Waals surface area contributed by atoms with Gasteiger partial charge in [0.1, 0.15) is 0 Å². The van der Waals surface area contributed by atoms with E-state index in [1.165, 1.54) is 11.3 Å². The van der Waals surface area contributed by atoms with Crippen LogP contribution in [-0.4, -0.2) is 15.7 Å². The van der Waals surface area contributed by atoms with Crippen molar-refractivity contribution in [1.29, 1.82) is 0 Å². The molecule has 1 N–H and O–H groups in total. The molecule has 0 aliphatic carbocycles. The number of para-hydroxylation sites is 2. The second-order valence-electron chi connectivity index (χ2n) is 3.90. The molecule has 94 valence electrons. The molecule has 0 unspecified atom stereocenters. The number of carbonyl (C=O) groups excluding carboxylic acids is 1. The molecule has 0 aliphatic rings. The fourth-order valence-electron chi connectivity index (χ4n) is 1.78. The van der Waals surface area contributed by atoms with E-state index < -0.39 is 0 Å². The van der Waals surface area contributed by atoms with Gasteiger partial charge in [-0.05, 0) is 29.6 Å². The van der Waals surface area contributed by atoms with Crippen LogP contribution in [0.4, 0.5) is 5.69 Å². The number of aromatic nitrogens is 2. The van der Waals surface area contributed by atoms with Crippen LogP contribution in [0.2, 0.25) is 0 Å². The molecule has 2 heterocycles. The van der Waals surface area contributed by atoms with Crippen LogP contribution < -0.4 is 5.32 Å². The summed E-state index contributed by atoms with van der Waals surface area (Å²) in [6.07, 6.45) is 3.55. The molecule has 3 aromatic rings. The molecule has 0 bridgehead atoms. The van der Waals surface area contributed by atoms with Gasteiger partial charge in [-0.3, -0.25) is 4.79 Å². The normalized spacial score (nSPS) is 10.3. The largest absolute Gasteiger partial charge is 0.319 e. The van der Waals surface area contributed by atoms with Crippen molar-refractivity contribution in [3.05, 3.63) is 65.1 Å². The number of thiophene rings is 1. The van der Waals surface area contributed by atoms with E-state index in [9.17, 15) is 4.79 Å². The van der Waals surface area contributed by atoms with Crippen LogP contribution in [0.25, 0.3) is 5.69 Å². The third-order valence-electron chi connectivity index (χ3n) is 2.65. The van der Waals surface area contributed by atoms with Gasteiger partial charge in [0, 0.05) is 12.4 Å². The lowest BCUT2D eigenvalue weighted by Crippen LogP contribution is -2.12. The van der Waals surface area contributed by atoms with E-state index in [-0.39, 0.29) is 5.91 Å². The summed E-state index contributed by atoms with van der Waals surface area (Å²) in [5.41, 5.74) is 1.59. The first-order valence-electron chi connectivity index (χ1n) is 5.78. The SMILES string of the molecule is O=C(Nc1ccccc1-n1cccn1)c1cccs1. The van der Waals surface area contributed by atoms with E-state index in [1.807, 2.05) is 48.0 Å². The summed E-state index contributed by atoms with van der Waals surface area (Å²) in [6.45, 7) is 0. The van der Waals surface area contributed by atoms with Gasteiger partial charge in [-0.2, -0.15) is 5.10 Å². The van der Waals surface area contributed by atoms with Crippen molar-refractivity contribution in [2.75, 3.05) is 5.32 Å². The van der Waals surface area contributed by atoms with Crippen molar-refractivity contribution >= 4 is 22.9 Å². The molecule has 19 heavy (non-hydrogen) atoms. The van der Waals surface area contributed by atoms with Crippen LogP contribution in [0.15, 0.2) is 60.2 Å². The monoisotopic (exact) mass is 269 g/mol. The van der Waals surface area contributed by atoms with Gasteiger partial charge >= 0.3 is 0 Å². The van der Waals surface area contributed by atoms with Gasteiger partial charge in [0.25, 0.3) is 5.91 Å². The maximum atomic E-state index is 12.1. The van der Waals surface area contributed by atoms with E-state index in [1.54, 1.807) is 16.9 Å². The summed E-state index contributed by atoms with van der Waals surface area (Å²) in [5, 5.41) is 8.98. The standard InChI is InChI=1S/C14H11N3OS/c18-14(13-7-3-10-19-13)16-11-5-1-2-6-12(11)17-9-4-8-15-17/h1-10H,(H,16,18). The van der Waals surface area contributed by atoms with Crippen LogP contribution in [0.1, 0.15) is 9.67 Å². The van der Waals surface area contributed by atoms with Crippen molar-refractivity contribution in [3.63, 3.8) is 0 Å². The van der Waals surface area contributed by atoms with E-state index in [4.69, 9.17) is 0 Å². The van der Waals surface area contributed by atoms with Gasteiger partial charge in [-0.25, -0.2) is 4.68 Å². The summed E-state index contributed by atoms with van der Waals surface area (Å²) in [4.78, 5) is 12.8. The van der Waals surface area contributed by atoms with E-state index >= 15 is 0 Å². The maximum absolute atomic E-state index is 12.1. The molecule has 0 fully saturated rings. The Bertz CT molecular complexity index is 675. The molecule has 0 saturated heterocycles. The summed E-state index contributed by atoms with van der Waals surface area (Å²) in [7, 11) is 0. The van der Waals surface area contributed by atoms with E-state index in [0.717, 1.165) is 11.4 Å². The molecular formula is C14H11N3OS. The van der Waals surface area contributed by atoms with Crippen LogP contribution in [0.5, 0.6) is 0 Å². The van der Waals surface area contributed by atoms with Crippen molar-refractivity contribution in [1.82, 2.24) is 9.78 Å². The number of carbonyl (C=O) groups is 1. The van der Waals surface area contributed by atoms with Crippen molar-refractivity contribution in [2.24, 2.45) is 0 Å². The molecule has 0 atom stereocenters. The summed E-state index contributed by atoms with van der Waals surface area (Å²) >= 11 is 1.42. The molecule has 2 aromatic heterocycles. The average Bonchev–Trinajstić information content (AvgIpc) is 3.13. The minimum absolute atomic E-state index is 0.102. The Morgan fingerprint density at radius 3 is 2.79 bits per heavy atom. The van der Waals surface area contributed by atoms with Gasteiger partial charge in [0.05, 0.1) is 16.3 Å². The van der Waals surface area contributed by atoms with E-state index in [2.05, 4.69) is 10.4 Å². The minimum atomic E-state index is -0.102. The van der Waals surface area contributed by atoms with Gasteiger partial charge in [-0.1, -0.05) is 18.2 Å². The third kappa shape index (κ3) is 2.41. The Morgan fingerprint density at radius 1 is 1.16 bits per heavy atom. The summed E-state index contributed by atoms with van der Waals surface area (Å²) < 4.78 is 1.73. The van der Waals surface area contributed by atoms with Crippen molar-refractivity contribution in [3.8, 4) is 5.69 Å². The smallest absolute Gasteiger partial charge is 0.265 e. The van der Waals surface area contributed by atoms with E-state index in [0.29, 0.717) is 4.88 Å². The third-order valence-corrected chi connectivity index (χ3v) is 3.52. The maximum Gasteiger partial charge on any atom is 0.265 e. The predicted molar refractivity (Wildman–Crippen MR) is 75.8 cm³/mol. The number of benzene rings is 1. The molecule has 1 amide bonds. The first-order valence-corrected chi connectivity index (χ1v) is 6.66. The molecule has 0 radical (unpaired) electrons. The average molecular weight is 269 g/mol. The lowest BCUT2D eigenvalue weighted by molar-refractivity contribution is 0.103. The Hall–Kier alpha value is -2.40. The molecule has 0 spiro atoms. The highest BCUT2D eigenvalue weighted by atomic mass is 32.1. The van der Waals surface area contributed by atoms with Crippen LogP contribution in [-0.2, 0) is 0 Å². The van der Waals surface area contributed by atoms with Crippen LogP contribution in [0.3, 0.4) is 0 Å². The van der Waals surface area contributed by atoms with Crippen LogP contribution >= 0.6 is 11.3 Å². The van der Waals surface area contributed by atoms with Gasteiger partial charge in [0.2, 0.25) is 0 Å². The molecule has 1 aromatic carbocycles. The lowest BCUT2D eigenvalue weighted by atomic mass is 10.2. The topological polar surface area (TPSA) is 46.9 Å². The zero-order valence-corrected chi connectivity index (χ0v) is 10.8. The fourth-order valence-corrected chi connectivity index (χ4v) is 2.40. The second-order valence-corrected chi connectivity index (χ2v) is 4.85. The summed E-state index contributed by atoms with van der Waals surface area (Å²) in [6, 6.07) is 13.1. The molecule has 3 rings (SSSR count). The number of hydrogen-bond acceptors (Lipinski definition) is 3. The highest BCUT2D eigenvalue weighted by molar-refractivity contribution is 7.12. The zero-order chi connectivity index (χ0) is 13.1. The quantitative estimate of drug-likeness (QED) is 0.793. The highest BCUT2D eigenvalue weighted by Crippen LogP contribution is 2.20. The molecule has 4 nitrogen and oxygen atoms in total. The van der Waals surface area contributed by atoms with Crippen molar-refractivity contribution < 1.29 is 4.79 Å². The van der Waals surface area contributed by atoms with Crippen LogP contribution in [0, 0.1) is 0 Å². The molecular weight excluding hydrogens is 258 g/mol. The summed E-state index contributed by atoms with van der Waals surface area (Å²) in [5.74, 6) is -0.102. The first kappa shape index (κ1) is 11.7. The lowest BCUT2D eigenvalue weighted by Gasteiger charge is -2.10. The molecule has 0 saturated carbocycles. The number of nitrogens with zero attached hydrogens (tertiary/aromatic N) is 2. The molecule has 0 aliphatic heterocycles. The second kappa shape index (κ2) is 5.07. The van der Waals surface area contributed by atoms with Gasteiger partial charge in [0.15, 0.2) is 0 Å². The predicted octanol–water partition coefficient (Wildman–Crippen LogP) is 3.19. The molecule has 5 heteroatoms. The number of amides is 1. The Morgan fingerprint density at radius 2 is 2.05 bits per heavy atom. The number of hydrogen-bond donors (Lipinski definition) is 1. The first-order chi connectivity index (χ1) is 9.34.